The number of carbonyl (C=O) groups is 1. The first-order chi connectivity index (χ1) is 13.1. The highest BCUT2D eigenvalue weighted by Crippen LogP contribution is 2.40. The summed E-state index contributed by atoms with van der Waals surface area (Å²) in [6, 6.07) is 9.40. The number of pyridine rings is 1. The highest BCUT2D eigenvalue weighted by atomic mass is 32.1. The average Bonchev–Trinajstić information content (AvgIpc) is 3.01. The zero-order valence-electron chi connectivity index (χ0n) is 15.0. The Kier molecular flexibility index (Phi) is 4.37. The molecule has 3 aromatic rings. The number of rotatable bonds is 3. The second-order valence-electron chi connectivity index (χ2n) is 6.08. The van der Waals surface area contributed by atoms with Gasteiger partial charge in [0, 0.05) is 29.4 Å². The Morgan fingerprint density at radius 1 is 1.26 bits per heavy atom. The number of aromatic nitrogens is 2. The summed E-state index contributed by atoms with van der Waals surface area (Å²) in [5.74, 6) is 0.757. The maximum Gasteiger partial charge on any atom is 0.294 e. The first kappa shape index (κ1) is 17.2. The molecule has 4 rings (SSSR count). The van der Waals surface area contributed by atoms with Crippen molar-refractivity contribution in [3.8, 4) is 17.0 Å². The number of nitrogens with two attached hydrogens (primary N) is 1. The van der Waals surface area contributed by atoms with Crippen LogP contribution in [-0.4, -0.2) is 22.4 Å². The van der Waals surface area contributed by atoms with Gasteiger partial charge in [0.05, 0.1) is 11.4 Å². The summed E-state index contributed by atoms with van der Waals surface area (Å²) in [5, 5.41) is 0.530. The van der Waals surface area contributed by atoms with Crippen molar-refractivity contribution in [1.82, 2.24) is 9.97 Å². The van der Waals surface area contributed by atoms with Crippen LogP contribution in [0.25, 0.3) is 17.3 Å². The van der Waals surface area contributed by atoms with Gasteiger partial charge in [-0.05, 0) is 55.8 Å². The number of benzene rings is 1. The summed E-state index contributed by atoms with van der Waals surface area (Å²) < 4.78 is 5.91. The summed E-state index contributed by atoms with van der Waals surface area (Å²) in [4.78, 5) is 24.1. The van der Waals surface area contributed by atoms with Gasteiger partial charge in [-0.25, -0.2) is 4.98 Å². The summed E-state index contributed by atoms with van der Waals surface area (Å²) in [6.45, 7) is 4.46. The number of anilines is 2. The van der Waals surface area contributed by atoms with Gasteiger partial charge in [0.2, 0.25) is 0 Å². The van der Waals surface area contributed by atoms with Gasteiger partial charge in [0.15, 0.2) is 16.6 Å². The van der Waals surface area contributed by atoms with Crippen LogP contribution in [-0.2, 0) is 4.79 Å². The fourth-order valence-electron chi connectivity index (χ4n) is 3.07. The van der Waals surface area contributed by atoms with E-state index in [1.807, 2.05) is 44.2 Å². The van der Waals surface area contributed by atoms with Gasteiger partial charge >= 0.3 is 0 Å². The normalized spacial score (nSPS) is 15.0. The summed E-state index contributed by atoms with van der Waals surface area (Å²) >= 11 is 1.45. The van der Waals surface area contributed by atoms with Crippen LogP contribution in [0.1, 0.15) is 17.4 Å². The molecule has 1 aromatic carbocycles. The lowest BCUT2D eigenvalue weighted by molar-refractivity contribution is -0.117. The molecule has 0 saturated carbocycles. The number of ether oxygens (including phenoxy) is 1. The number of nitrogens with zero attached hydrogens (tertiary/aromatic N) is 3. The Hall–Kier alpha value is -3.19. The Labute approximate surface area is 160 Å². The minimum absolute atomic E-state index is 0.173. The van der Waals surface area contributed by atoms with E-state index in [0.29, 0.717) is 17.4 Å². The van der Waals surface area contributed by atoms with Crippen LogP contribution >= 0.6 is 11.3 Å². The number of fused-ring (bicyclic) bond motifs is 1. The fraction of sp³-hybridized carbons (Fsp3) is 0.150. The van der Waals surface area contributed by atoms with Crippen LogP contribution in [0.2, 0.25) is 0 Å². The van der Waals surface area contributed by atoms with Gasteiger partial charge in [-0.15, -0.1) is 11.3 Å². The van der Waals surface area contributed by atoms with Crippen molar-refractivity contribution in [2.24, 2.45) is 0 Å². The van der Waals surface area contributed by atoms with Gasteiger partial charge in [-0.2, -0.15) is 0 Å². The first-order valence-corrected chi connectivity index (χ1v) is 9.37. The molecule has 27 heavy (non-hydrogen) atoms. The molecular formula is C20H18N4O2S. The van der Waals surface area contributed by atoms with Crippen LogP contribution < -0.4 is 15.4 Å². The molecule has 0 atom stereocenters. The lowest BCUT2D eigenvalue weighted by Crippen LogP contribution is -2.37. The third-order valence-corrected chi connectivity index (χ3v) is 5.13. The largest absolute Gasteiger partial charge is 0.449 e. The smallest absolute Gasteiger partial charge is 0.294 e. The monoisotopic (exact) mass is 378 g/mol. The van der Waals surface area contributed by atoms with Crippen LogP contribution in [0, 0.1) is 6.92 Å². The second kappa shape index (κ2) is 6.85. The highest BCUT2D eigenvalue weighted by molar-refractivity contribution is 7.15. The van der Waals surface area contributed by atoms with Gasteiger partial charge in [-0.3, -0.25) is 9.78 Å². The number of hydrogen-bond donors (Lipinski definition) is 1. The van der Waals surface area contributed by atoms with E-state index in [9.17, 15) is 4.79 Å². The van der Waals surface area contributed by atoms with Crippen LogP contribution in [0.4, 0.5) is 10.8 Å². The highest BCUT2D eigenvalue weighted by Gasteiger charge is 2.30. The molecule has 1 aliphatic rings. The maximum absolute atomic E-state index is 12.9. The van der Waals surface area contributed by atoms with E-state index in [0.717, 1.165) is 27.4 Å². The van der Waals surface area contributed by atoms with Crippen molar-refractivity contribution in [3.05, 3.63) is 58.9 Å². The molecule has 0 fully saturated rings. The second-order valence-corrected chi connectivity index (χ2v) is 7.31. The zero-order chi connectivity index (χ0) is 19.0. The molecule has 136 valence electrons. The minimum atomic E-state index is -0.173. The molecule has 2 N–H and O–H groups in total. The predicted octanol–water partition coefficient (Wildman–Crippen LogP) is 3.88. The van der Waals surface area contributed by atoms with Gasteiger partial charge in [-0.1, -0.05) is 0 Å². The van der Waals surface area contributed by atoms with E-state index in [2.05, 4.69) is 9.97 Å². The molecule has 7 heteroatoms. The molecule has 0 saturated heterocycles. The Balaban J connectivity index is 1.76. The van der Waals surface area contributed by atoms with Crippen molar-refractivity contribution in [2.75, 3.05) is 17.2 Å². The van der Waals surface area contributed by atoms with Gasteiger partial charge in [0.25, 0.3) is 5.91 Å². The topological polar surface area (TPSA) is 81.3 Å². The van der Waals surface area contributed by atoms with Crippen LogP contribution in [0.5, 0.6) is 5.75 Å². The third-order valence-electron chi connectivity index (χ3n) is 4.33. The lowest BCUT2D eigenvalue weighted by Gasteiger charge is -2.30. The number of hydrogen-bond acceptors (Lipinski definition) is 6. The van der Waals surface area contributed by atoms with Crippen molar-refractivity contribution < 1.29 is 9.53 Å². The quantitative estimate of drug-likeness (QED) is 0.700. The van der Waals surface area contributed by atoms with Crippen molar-refractivity contribution in [1.29, 1.82) is 0 Å². The molecule has 0 unspecified atom stereocenters. The SMILES string of the molecule is CCN1C(=O)/C(=C\c2ccncc2)Oc2ccc(-c3nc(N)sc3C)cc21. The molecule has 0 aliphatic carbocycles. The van der Waals surface area contributed by atoms with Crippen molar-refractivity contribution >= 4 is 34.1 Å². The standard InChI is InChI=1S/C20H18N4O2S/c1-3-24-15-11-14(18-12(2)27-20(21)23-18)4-5-16(15)26-17(19(24)25)10-13-6-8-22-9-7-13/h4-11H,3H2,1-2H3,(H2,21,23)/b17-10+. The molecule has 1 amide bonds. The van der Waals surface area contributed by atoms with Gasteiger partial charge in [0.1, 0.15) is 0 Å². The molecular weight excluding hydrogens is 360 g/mol. The fourth-order valence-corrected chi connectivity index (χ4v) is 3.78. The average molecular weight is 378 g/mol. The lowest BCUT2D eigenvalue weighted by atomic mass is 10.1. The van der Waals surface area contributed by atoms with E-state index in [1.54, 1.807) is 23.4 Å². The molecule has 2 aromatic heterocycles. The van der Waals surface area contributed by atoms with E-state index < -0.39 is 0 Å². The number of carbonyl (C=O) groups excluding carboxylic acids is 1. The zero-order valence-corrected chi connectivity index (χ0v) is 15.8. The molecule has 1 aliphatic heterocycles. The summed E-state index contributed by atoms with van der Waals surface area (Å²) in [7, 11) is 0. The number of aryl methyl sites for hydroxylation is 1. The third kappa shape index (κ3) is 3.17. The first-order valence-electron chi connectivity index (χ1n) is 8.55. The molecule has 0 spiro atoms. The van der Waals surface area contributed by atoms with E-state index in [4.69, 9.17) is 10.5 Å². The van der Waals surface area contributed by atoms with Crippen LogP contribution in [0.15, 0.2) is 48.5 Å². The molecule has 6 nitrogen and oxygen atoms in total. The number of likely N-dealkylation sites (N-methyl/N-ethyl adjacent to an activating group) is 1. The molecule has 0 radical (unpaired) electrons. The van der Waals surface area contributed by atoms with Gasteiger partial charge < -0.3 is 15.4 Å². The Bertz CT molecular complexity index is 1040. The molecule has 0 bridgehead atoms. The minimum Gasteiger partial charge on any atom is -0.449 e. The number of nitrogen functional groups attached to an aromatic ring is 1. The predicted molar refractivity (Wildman–Crippen MR) is 108 cm³/mol. The Morgan fingerprint density at radius 2 is 2.04 bits per heavy atom. The van der Waals surface area contributed by atoms with E-state index >= 15 is 0 Å². The maximum atomic E-state index is 12.9. The summed E-state index contributed by atoms with van der Waals surface area (Å²) in [5.41, 5.74) is 9.17. The molecule has 3 heterocycles. The van der Waals surface area contributed by atoms with Crippen molar-refractivity contribution in [2.45, 2.75) is 13.8 Å². The van der Waals surface area contributed by atoms with E-state index in [1.165, 1.54) is 11.3 Å². The Morgan fingerprint density at radius 3 is 2.70 bits per heavy atom. The van der Waals surface area contributed by atoms with Crippen LogP contribution in [0.3, 0.4) is 0 Å². The number of amides is 1. The number of thiazole rings is 1. The summed E-state index contributed by atoms with van der Waals surface area (Å²) in [6.07, 6.45) is 5.09. The van der Waals surface area contributed by atoms with E-state index in [-0.39, 0.29) is 11.7 Å². The van der Waals surface area contributed by atoms with Crippen molar-refractivity contribution in [3.63, 3.8) is 0 Å².